The molecular formula is C12H15NO3. The monoisotopic (exact) mass is 221 g/mol. The quantitative estimate of drug-likeness (QED) is 0.779. The molecule has 1 aromatic carbocycles. The molecule has 1 atom stereocenters. The highest BCUT2D eigenvalue weighted by Gasteiger charge is 2.29. The zero-order valence-corrected chi connectivity index (χ0v) is 9.23. The predicted octanol–water partition coefficient (Wildman–Crippen LogP) is 1.21. The van der Waals surface area contributed by atoms with E-state index in [-0.39, 0.29) is 0 Å². The zero-order valence-electron chi connectivity index (χ0n) is 9.23. The number of rotatable bonds is 3. The number of benzene rings is 1. The van der Waals surface area contributed by atoms with Crippen LogP contribution >= 0.6 is 0 Å². The van der Waals surface area contributed by atoms with Gasteiger partial charge in [-0.3, -0.25) is 10.1 Å². The molecule has 0 radical (unpaired) electrons. The molecular weight excluding hydrogens is 206 g/mol. The van der Waals surface area contributed by atoms with E-state index in [9.17, 15) is 4.79 Å². The molecule has 0 amide bonds. The number of carbonyl (C=O) groups is 1. The molecule has 86 valence electrons. The second kappa shape index (κ2) is 4.63. The van der Waals surface area contributed by atoms with E-state index in [4.69, 9.17) is 9.47 Å². The number of ether oxygens (including phenoxy) is 2. The smallest absolute Gasteiger partial charge is 0.181 e. The van der Waals surface area contributed by atoms with Crippen molar-refractivity contribution in [2.45, 2.75) is 12.6 Å². The Kier molecular flexibility index (Phi) is 3.22. The minimum absolute atomic E-state index is 0.498. The van der Waals surface area contributed by atoms with Crippen LogP contribution in [0.2, 0.25) is 0 Å². The van der Waals surface area contributed by atoms with Crippen molar-refractivity contribution in [1.29, 1.82) is 0 Å². The van der Waals surface area contributed by atoms with E-state index >= 15 is 0 Å². The normalized spacial score (nSPS) is 25.1. The molecule has 4 heteroatoms. The van der Waals surface area contributed by atoms with Crippen LogP contribution in [0, 0.1) is 0 Å². The average molecular weight is 221 g/mol. The van der Waals surface area contributed by atoms with Gasteiger partial charge in [-0.1, -0.05) is 12.1 Å². The van der Waals surface area contributed by atoms with Gasteiger partial charge in [-0.25, -0.2) is 0 Å². The summed E-state index contributed by atoms with van der Waals surface area (Å²) in [6.07, 6.45) is 0.806. The number of hydrogen-bond acceptors (Lipinski definition) is 4. The van der Waals surface area contributed by atoms with E-state index in [2.05, 4.69) is 5.32 Å². The largest absolute Gasteiger partial charge is 0.471 e. The SMILES string of the molecule is C[C@]1(Oc2cccc(C=O)c2)COCCN1. The average Bonchev–Trinajstić information content (AvgIpc) is 2.29. The number of aldehydes is 1. The van der Waals surface area contributed by atoms with Crippen LogP contribution in [-0.2, 0) is 4.74 Å². The van der Waals surface area contributed by atoms with E-state index in [0.717, 1.165) is 12.8 Å². The summed E-state index contributed by atoms with van der Waals surface area (Å²) < 4.78 is 11.1. The van der Waals surface area contributed by atoms with Gasteiger partial charge in [-0.15, -0.1) is 0 Å². The van der Waals surface area contributed by atoms with Gasteiger partial charge in [0.25, 0.3) is 0 Å². The third-order valence-electron chi connectivity index (χ3n) is 2.46. The molecule has 0 spiro atoms. The lowest BCUT2D eigenvalue weighted by molar-refractivity contribution is -0.0702. The molecule has 2 rings (SSSR count). The van der Waals surface area contributed by atoms with Crippen LogP contribution < -0.4 is 10.1 Å². The molecule has 1 fully saturated rings. The van der Waals surface area contributed by atoms with Crippen molar-refractivity contribution in [2.24, 2.45) is 0 Å². The predicted molar refractivity (Wildman–Crippen MR) is 59.7 cm³/mol. The highest BCUT2D eigenvalue weighted by atomic mass is 16.6. The second-order valence-electron chi connectivity index (χ2n) is 4.00. The van der Waals surface area contributed by atoms with Gasteiger partial charge >= 0.3 is 0 Å². The van der Waals surface area contributed by atoms with Crippen LogP contribution in [0.1, 0.15) is 17.3 Å². The molecule has 1 aromatic rings. The Morgan fingerprint density at radius 3 is 3.12 bits per heavy atom. The summed E-state index contributed by atoms with van der Waals surface area (Å²) in [5.74, 6) is 0.671. The Labute approximate surface area is 94.6 Å². The molecule has 0 aromatic heterocycles. The highest BCUT2D eigenvalue weighted by molar-refractivity contribution is 5.75. The van der Waals surface area contributed by atoms with E-state index in [1.54, 1.807) is 18.2 Å². The Bertz CT molecular complexity index is 372. The molecule has 1 aliphatic heterocycles. The van der Waals surface area contributed by atoms with Gasteiger partial charge in [-0.05, 0) is 19.1 Å². The first-order chi connectivity index (χ1) is 7.72. The van der Waals surface area contributed by atoms with E-state index in [0.29, 0.717) is 24.5 Å². The Balaban J connectivity index is 2.09. The van der Waals surface area contributed by atoms with Crippen molar-refractivity contribution in [2.75, 3.05) is 19.8 Å². The zero-order chi connectivity index (χ0) is 11.4. The summed E-state index contributed by atoms with van der Waals surface area (Å²) >= 11 is 0. The maximum atomic E-state index is 10.6. The van der Waals surface area contributed by atoms with E-state index in [1.807, 2.05) is 13.0 Å². The number of hydrogen-bond donors (Lipinski definition) is 1. The van der Waals surface area contributed by atoms with Gasteiger partial charge in [0.15, 0.2) is 5.72 Å². The van der Waals surface area contributed by atoms with Gasteiger partial charge in [-0.2, -0.15) is 0 Å². The Morgan fingerprint density at radius 1 is 1.56 bits per heavy atom. The fraction of sp³-hybridized carbons (Fsp3) is 0.417. The minimum atomic E-state index is -0.514. The van der Waals surface area contributed by atoms with Crippen molar-refractivity contribution in [1.82, 2.24) is 5.32 Å². The molecule has 1 saturated heterocycles. The summed E-state index contributed by atoms with van der Waals surface area (Å²) in [6.45, 7) is 3.90. The molecule has 0 aliphatic carbocycles. The lowest BCUT2D eigenvalue weighted by Gasteiger charge is -2.35. The maximum Gasteiger partial charge on any atom is 0.181 e. The Hall–Kier alpha value is -1.39. The van der Waals surface area contributed by atoms with Crippen LogP contribution in [0.25, 0.3) is 0 Å². The molecule has 1 aliphatic rings. The minimum Gasteiger partial charge on any atom is -0.471 e. The van der Waals surface area contributed by atoms with Gasteiger partial charge < -0.3 is 9.47 Å². The summed E-state index contributed by atoms with van der Waals surface area (Å²) in [5, 5.41) is 3.25. The van der Waals surface area contributed by atoms with Crippen molar-refractivity contribution >= 4 is 6.29 Å². The van der Waals surface area contributed by atoms with Gasteiger partial charge in [0.1, 0.15) is 18.6 Å². The fourth-order valence-electron chi connectivity index (χ4n) is 1.68. The first-order valence-electron chi connectivity index (χ1n) is 5.29. The molecule has 0 bridgehead atoms. The van der Waals surface area contributed by atoms with E-state index < -0.39 is 5.72 Å². The summed E-state index contributed by atoms with van der Waals surface area (Å²) in [7, 11) is 0. The number of morpholine rings is 1. The van der Waals surface area contributed by atoms with Crippen LogP contribution in [0.15, 0.2) is 24.3 Å². The summed E-state index contributed by atoms with van der Waals surface area (Å²) in [4.78, 5) is 10.6. The van der Waals surface area contributed by atoms with Crippen LogP contribution in [0.5, 0.6) is 5.75 Å². The third kappa shape index (κ3) is 2.59. The molecule has 16 heavy (non-hydrogen) atoms. The lowest BCUT2D eigenvalue weighted by atomic mass is 10.2. The van der Waals surface area contributed by atoms with Crippen molar-refractivity contribution < 1.29 is 14.3 Å². The standard InChI is InChI=1S/C12H15NO3/c1-12(9-15-6-5-13-12)16-11-4-2-3-10(7-11)8-14/h2-4,7-8,13H,5-6,9H2,1H3/t12-/m0/s1. The molecule has 0 saturated carbocycles. The third-order valence-corrected chi connectivity index (χ3v) is 2.46. The van der Waals surface area contributed by atoms with Crippen LogP contribution in [-0.4, -0.2) is 31.8 Å². The van der Waals surface area contributed by atoms with Crippen molar-refractivity contribution in [3.63, 3.8) is 0 Å². The number of carbonyl (C=O) groups excluding carboxylic acids is 1. The molecule has 4 nitrogen and oxygen atoms in total. The summed E-state index contributed by atoms with van der Waals surface area (Å²) in [6, 6.07) is 7.09. The van der Waals surface area contributed by atoms with Gasteiger partial charge in [0, 0.05) is 12.1 Å². The van der Waals surface area contributed by atoms with Gasteiger partial charge in [0.2, 0.25) is 0 Å². The summed E-state index contributed by atoms with van der Waals surface area (Å²) in [5.41, 5.74) is 0.0950. The van der Waals surface area contributed by atoms with Crippen LogP contribution in [0.4, 0.5) is 0 Å². The molecule has 1 heterocycles. The topological polar surface area (TPSA) is 47.6 Å². The van der Waals surface area contributed by atoms with Gasteiger partial charge in [0.05, 0.1) is 6.61 Å². The maximum absolute atomic E-state index is 10.6. The number of nitrogens with one attached hydrogen (secondary N) is 1. The van der Waals surface area contributed by atoms with E-state index in [1.165, 1.54) is 0 Å². The molecule has 1 N–H and O–H groups in total. The Morgan fingerprint density at radius 2 is 2.44 bits per heavy atom. The highest BCUT2D eigenvalue weighted by Crippen LogP contribution is 2.19. The first kappa shape index (κ1) is 11.1. The van der Waals surface area contributed by atoms with Crippen molar-refractivity contribution in [3.8, 4) is 5.75 Å². The molecule has 0 unspecified atom stereocenters. The second-order valence-corrected chi connectivity index (χ2v) is 4.00. The lowest BCUT2D eigenvalue weighted by Crippen LogP contribution is -2.56. The van der Waals surface area contributed by atoms with Crippen molar-refractivity contribution in [3.05, 3.63) is 29.8 Å². The fourth-order valence-corrected chi connectivity index (χ4v) is 1.68. The van der Waals surface area contributed by atoms with Crippen LogP contribution in [0.3, 0.4) is 0 Å². The first-order valence-corrected chi connectivity index (χ1v) is 5.29.